The van der Waals surface area contributed by atoms with Crippen molar-refractivity contribution < 1.29 is 19.2 Å². The van der Waals surface area contributed by atoms with Crippen LogP contribution in [0.5, 0.6) is 0 Å². The average Bonchev–Trinajstić information content (AvgIpc) is 3.44. The van der Waals surface area contributed by atoms with E-state index in [9.17, 15) is 19.2 Å². The van der Waals surface area contributed by atoms with Crippen LogP contribution in [-0.4, -0.2) is 44.8 Å². The van der Waals surface area contributed by atoms with E-state index in [2.05, 4.69) is 20.8 Å². The number of aromatic nitrogens is 2. The quantitative estimate of drug-likeness (QED) is 0.454. The third kappa shape index (κ3) is 4.52. The lowest BCUT2D eigenvalue weighted by molar-refractivity contribution is -0.136. The van der Waals surface area contributed by atoms with Gasteiger partial charge in [-0.15, -0.1) is 0 Å². The van der Waals surface area contributed by atoms with Crippen LogP contribution in [0.25, 0.3) is 11.3 Å². The molecule has 0 saturated carbocycles. The Morgan fingerprint density at radius 2 is 1.91 bits per heavy atom. The van der Waals surface area contributed by atoms with Crippen molar-refractivity contribution in [3.8, 4) is 11.3 Å². The van der Waals surface area contributed by atoms with E-state index in [0.29, 0.717) is 33.3 Å². The molecule has 1 unspecified atom stereocenters. The third-order valence-corrected chi connectivity index (χ3v) is 6.63. The van der Waals surface area contributed by atoms with Crippen molar-refractivity contribution in [2.75, 3.05) is 0 Å². The first-order chi connectivity index (χ1) is 16.8. The maximum atomic E-state index is 12.8. The second-order valence-corrected chi connectivity index (χ2v) is 9.21. The molecule has 2 aliphatic heterocycles. The van der Waals surface area contributed by atoms with E-state index in [1.807, 2.05) is 6.07 Å². The normalized spacial score (nSPS) is 17.4. The monoisotopic (exact) mass is 511 g/mol. The number of hydrogen-bond donors (Lipinski definition) is 3. The standard InChI is InChI=1S/C24H19Cl2N5O4/c25-14-2-4-17(26)16(8-14)18-9-19(30-29-18)22(33)27-10-12-1-3-15-13(7-12)11-31(24(15)35)20-5-6-21(32)28-23(20)34/h1-4,7-9,20H,5-6,10-11H2,(H,27,33)(H,29,30)(H,28,32,34). The Hall–Kier alpha value is -3.69. The lowest BCUT2D eigenvalue weighted by Gasteiger charge is -2.29. The molecule has 3 heterocycles. The summed E-state index contributed by atoms with van der Waals surface area (Å²) in [5.41, 5.74) is 3.46. The van der Waals surface area contributed by atoms with Crippen LogP contribution >= 0.6 is 23.2 Å². The summed E-state index contributed by atoms with van der Waals surface area (Å²) in [4.78, 5) is 50.6. The Labute approximate surface area is 209 Å². The Morgan fingerprint density at radius 3 is 2.71 bits per heavy atom. The number of carbonyl (C=O) groups is 4. The average molecular weight is 512 g/mol. The Balaban J connectivity index is 1.25. The molecule has 1 saturated heterocycles. The van der Waals surface area contributed by atoms with Gasteiger partial charge in [-0.3, -0.25) is 29.6 Å². The van der Waals surface area contributed by atoms with Crippen molar-refractivity contribution in [3.63, 3.8) is 0 Å². The fraction of sp³-hybridized carbons (Fsp3) is 0.208. The number of fused-ring (bicyclic) bond motifs is 1. The molecule has 0 bridgehead atoms. The second-order valence-electron chi connectivity index (χ2n) is 8.37. The van der Waals surface area contributed by atoms with Crippen LogP contribution in [0.15, 0.2) is 42.5 Å². The number of halogens is 2. The topological polar surface area (TPSA) is 124 Å². The lowest BCUT2D eigenvalue weighted by atomic mass is 10.0. The maximum Gasteiger partial charge on any atom is 0.272 e. The van der Waals surface area contributed by atoms with Crippen LogP contribution in [0.4, 0.5) is 0 Å². The molecule has 5 rings (SSSR count). The minimum absolute atomic E-state index is 0.191. The molecule has 3 N–H and O–H groups in total. The molecule has 0 radical (unpaired) electrons. The zero-order chi connectivity index (χ0) is 24.7. The molecule has 3 aromatic rings. The van der Waals surface area contributed by atoms with Crippen molar-refractivity contribution >= 4 is 46.8 Å². The van der Waals surface area contributed by atoms with Crippen molar-refractivity contribution in [3.05, 3.63) is 74.9 Å². The lowest BCUT2D eigenvalue weighted by Crippen LogP contribution is -2.52. The minimum atomic E-state index is -0.669. The van der Waals surface area contributed by atoms with E-state index in [1.54, 1.807) is 36.4 Å². The summed E-state index contributed by atoms with van der Waals surface area (Å²) in [6.07, 6.45) is 0.506. The van der Waals surface area contributed by atoms with Gasteiger partial charge in [-0.2, -0.15) is 5.10 Å². The van der Waals surface area contributed by atoms with Gasteiger partial charge in [0.2, 0.25) is 11.8 Å². The molecule has 35 heavy (non-hydrogen) atoms. The molecule has 178 valence electrons. The van der Waals surface area contributed by atoms with E-state index in [0.717, 1.165) is 11.1 Å². The summed E-state index contributed by atoms with van der Waals surface area (Å²) in [5, 5.41) is 13.0. The third-order valence-electron chi connectivity index (χ3n) is 6.07. The number of piperidine rings is 1. The van der Waals surface area contributed by atoms with Gasteiger partial charge in [-0.05, 0) is 47.9 Å². The van der Waals surface area contributed by atoms with Gasteiger partial charge in [-0.25, -0.2) is 0 Å². The number of H-pyrrole nitrogens is 1. The Kier molecular flexibility index (Phi) is 6.04. The predicted octanol–water partition coefficient (Wildman–Crippen LogP) is 3.07. The van der Waals surface area contributed by atoms with Gasteiger partial charge in [0.15, 0.2) is 5.69 Å². The smallest absolute Gasteiger partial charge is 0.272 e. The highest BCUT2D eigenvalue weighted by atomic mass is 35.5. The number of hydrogen-bond acceptors (Lipinski definition) is 5. The number of amides is 4. The zero-order valence-electron chi connectivity index (χ0n) is 18.2. The fourth-order valence-electron chi connectivity index (χ4n) is 4.29. The highest BCUT2D eigenvalue weighted by molar-refractivity contribution is 6.35. The van der Waals surface area contributed by atoms with Crippen molar-refractivity contribution in [1.29, 1.82) is 0 Å². The first-order valence-corrected chi connectivity index (χ1v) is 11.6. The molecule has 11 heteroatoms. The SMILES string of the molecule is O=C1CCC(N2Cc3cc(CNC(=O)c4cc(-c5cc(Cl)ccc5Cl)[nH]n4)ccc3C2=O)C(=O)N1. The molecule has 1 atom stereocenters. The van der Waals surface area contributed by atoms with E-state index in [4.69, 9.17) is 23.2 Å². The first kappa shape index (κ1) is 23.1. The summed E-state index contributed by atoms with van der Waals surface area (Å²) in [6.45, 7) is 0.490. The largest absolute Gasteiger partial charge is 0.347 e. The number of carbonyl (C=O) groups excluding carboxylic acids is 4. The number of nitrogens with zero attached hydrogens (tertiary/aromatic N) is 2. The summed E-state index contributed by atoms with van der Waals surface area (Å²) >= 11 is 12.3. The molecule has 0 spiro atoms. The molecular weight excluding hydrogens is 493 g/mol. The minimum Gasteiger partial charge on any atom is -0.347 e. The number of benzene rings is 2. The van der Waals surface area contributed by atoms with E-state index < -0.39 is 11.9 Å². The Morgan fingerprint density at radius 1 is 1.09 bits per heavy atom. The molecule has 9 nitrogen and oxygen atoms in total. The van der Waals surface area contributed by atoms with Crippen LogP contribution < -0.4 is 10.6 Å². The van der Waals surface area contributed by atoms with Crippen molar-refractivity contribution in [1.82, 2.24) is 25.7 Å². The highest BCUT2D eigenvalue weighted by Crippen LogP contribution is 2.30. The van der Waals surface area contributed by atoms with Crippen LogP contribution in [-0.2, 0) is 22.7 Å². The van der Waals surface area contributed by atoms with Gasteiger partial charge in [0.05, 0.1) is 10.7 Å². The van der Waals surface area contributed by atoms with Crippen molar-refractivity contribution in [2.24, 2.45) is 0 Å². The number of imide groups is 1. The molecule has 2 aromatic carbocycles. The van der Waals surface area contributed by atoms with Crippen LogP contribution in [0.1, 0.15) is 44.8 Å². The predicted molar refractivity (Wildman–Crippen MR) is 128 cm³/mol. The zero-order valence-corrected chi connectivity index (χ0v) is 19.7. The summed E-state index contributed by atoms with van der Waals surface area (Å²) < 4.78 is 0. The van der Waals surface area contributed by atoms with E-state index >= 15 is 0 Å². The van der Waals surface area contributed by atoms with Gasteiger partial charge in [0.25, 0.3) is 11.8 Å². The Bertz CT molecular complexity index is 1390. The van der Waals surface area contributed by atoms with Gasteiger partial charge >= 0.3 is 0 Å². The van der Waals surface area contributed by atoms with Crippen LogP contribution in [0.3, 0.4) is 0 Å². The second kappa shape index (κ2) is 9.16. The molecule has 0 aliphatic carbocycles. The summed E-state index contributed by atoms with van der Waals surface area (Å²) in [6, 6.07) is 11.2. The van der Waals surface area contributed by atoms with Gasteiger partial charge in [0, 0.05) is 35.7 Å². The maximum absolute atomic E-state index is 12.8. The van der Waals surface area contributed by atoms with Crippen LogP contribution in [0.2, 0.25) is 10.0 Å². The van der Waals surface area contributed by atoms with Crippen molar-refractivity contribution in [2.45, 2.75) is 32.0 Å². The fourth-order valence-corrected chi connectivity index (χ4v) is 4.68. The van der Waals surface area contributed by atoms with E-state index in [-0.39, 0.29) is 42.9 Å². The van der Waals surface area contributed by atoms with Crippen LogP contribution in [0, 0.1) is 0 Å². The number of nitrogens with one attached hydrogen (secondary N) is 3. The molecule has 4 amide bonds. The number of rotatable bonds is 5. The number of aromatic amines is 1. The van der Waals surface area contributed by atoms with Gasteiger partial charge in [0.1, 0.15) is 6.04 Å². The summed E-state index contributed by atoms with van der Waals surface area (Å²) in [5.74, 6) is -1.40. The highest BCUT2D eigenvalue weighted by Gasteiger charge is 2.39. The van der Waals surface area contributed by atoms with Gasteiger partial charge in [-0.1, -0.05) is 35.3 Å². The first-order valence-electron chi connectivity index (χ1n) is 10.9. The molecule has 2 aliphatic rings. The van der Waals surface area contributed by atoms with Gasteiger partial charge < -0.3 is 10.2 Å². The molecule has 1 aromatic heterocycles. The summed E-state index contributed by atoms with van der Waals surface area (Å²) in [7, 11) is 0. The molecular formula is C24H19Cl2N5O4. The van der Waals surface area contributed by atoms with E-state index in [1.165, 1.54) is 4.90 Å². The molecule has 1 fully saturated rings.